The Morgan fingerprint density at radius 3 is 1.88 bits per heavy atom. The van der Waals surface area contributed by atoms with E-state index in [2.05, 4.69) is 0 Å². The van der Waals surface area contributed by atoms with Crippen molar-refractivity contribution in [3.05, 3.63) is 69.8 Å². The lowest BCUT2D eigenvalue weighted by Gasteiger charge is -2.32. The minimum atomic E-state index is -5.08. The Morgan fingerprint density at radius 2 is 1.38 bits per heavy atom. The van der Waals surface area contributed by atoms with E-state index in [1.807, 2.05) is 0 Å². The molecule has 2 fully saturated rings. The second-order valence-electron chi connectivity index (χ2n) is 11.0. The van der Waals surface area contributed by atoms with Gasteiger partial charge in [0, 0.05) is 20.7 Å². The van der Waals surface area contributed by atoms with Gasteiger partial charge in [0.05, 0.1) is 34.9 Å². The number of carbonyl (C=O) groups is 1. The Hall–Kier alpha value is -2.96. The van der Waals surface area contributed by atoms with Crippen LogP contribution in [0.5, 0.6) is 0 Å². The molecule has 1 aliphatic heterocycles. The summed E-state index contributed by atoms with van der Waals surface area (Å²) in [5, 5.41) is 0. The SMILES string of the molecule is COC(c1ccc(C(F)(F)F)cc1CN1C(=O)N(C)[C@H](c2cc(C(F)(F)F)cc(C(F)(F)F)c2)[C@@H]1C)C1CCCCC1. The number of benzene rings is 2. The van der Waals surface area contributed by atoms with Gasteiger partial charge in [0.15, 0.2) is 0 Å². The number of ether oxygens (including phenoxy) is 1. The van der Waals surface area contributed by atoms with Crippen molar-refractivity contribution >= 4 is 6.03 Å². The summed E-state index contributed by atoms with van der Waals surface area (Å²) < 4.78 is 128. The Bertz CT molecular complexity index is 1250. The van der Waals surface area contributed by atoms with Crippen LogP contribution < -0.4 is 0 Å². The first kappa shape index (κ1) is 32.0. The van der Waals surface area contributed by atoms with E-state index in [1.54, 1.807) is 0 Å². The maximum Gasteiger partial charge on any atom is 0.416 e. The summed E-state index contributed by atoms with van der Waals surface area (Å²) in [5.74, 6) is 0.0345. The van der Waals surface area contributed by atoms with Crippen molar-refractivity contribution in [3.8, 4) is 0 Å². The predicted octanol–water partition coefficient (Wildman–Crippen LogP) is 9.01. The van der Waals surface area contributed by atoms with Crippen LogP contribution in [0.15, 0.2) is 36.4 Å². The smallest absolute Gasteiger partial charge is 0.376 e. The lowest BCUT2D eigenvalue weighted by molar-refractivity contribution is -0.143. The van der Waals surface area contributed by atoms with E-state index in [1.165, 1.54) is 32.0 Å². The van der Waals surface area contributed by atoms with E-state index in [4.69, 9.17) is 4.74 Å². The molecule has 2 aliphatic rings. The molecule has 0 radical (unpaired) electrons. The van der Waals surface area contributed by atoms with Gasteiger partial charge in [-0.3, -0.25) is 0 Å². The van der Waals surface area contributed by atoms with Crippen LogP contribution in [0.25, 0.3) is 0 Å². The number of methoxy groups -OCH3 is 1. The molecule has 232 valence electrons. The van der Waals surface area contributed by atoms with Crippen LogP contribution in [-0.4, -0.2) is 36.0 Å². The molecule has 1 heterocycles. The molecule has 0 bridgehead atoms. The number of hydrogen-bond donors (Lipinski definition) is 0. The van der Waals surface area contributed by atoms with Gasteiger partial charge in [-0.15, -0.1) is 0 Å². The predicted molar refractivity (Wildman–Crippen MR) is 135 cm³/mol. The van der Waals surface area contributed by atoms with Crippen LogP contribution in [0.2, 0.25) is 0 Å². The minimum Gasteiger partial charge on any atom is -0.376 e. The first-order valence-electron chi connectivity index (χ1n) is 13.5. The Labute approximate surface area is 237 Å². The summed E-state index contributed by atoms with van der Waals surface area (Å²) in [6, 6.07) is 1.41. The number of halogens is 9. The van der Waals surface area contributed by atoms with Gasteiger partial charge in [-0.25, -0.2) is 4.79 Å². The fraction of sp³-hybridized carbons (Fsp3) is 0.552. The number of rotatable bonds is 6. The van der Waals surface area contributed by atoms with Crippen molar-refractivity contribution < 1.29 is 49.0 Å². The molecule has 0 spiro atoms. The molecular weight excluding hydrogens is 579 g/mol. The quantitative estimate of drug-likeness (QED) is 0.306. The van der Waals surface area contributed by atoms with Crippen molar-refractivity contribution in [2.24, 2.45) is 5.92 Å². The molecule has 2 aromatic rings. The Balaban J connectivity index is 1.75. The molecule has 4 nitrogen and oxygen atoms in total. The summed E-state index contributed by atoms with van der Waals surface area (Å²) in [7, 11) is 2.70. The molecule has 0 N–H and O–H groups in total. The van der Waals surface area contributed by atoms with E-state index in [0.717, 1.165) is 49.1 Å². The second kappa shape index (κ2) is 11.6. The van der Waals surface area contributed by atoms with Gasteiger partial charge in [-0.05, 0) is 72.7 Å². The molecule has 1 aliphatic carbocycles. The third-order valence-corrected chi connectivity index (χ3v) is 8.31. The molecule has 13 heteroatoms. The third kappa shape index (κ3) is 6.50. The van der Waals surface area contributed by atoms with Crippen molar-refractivity contribution in [1.82, 2.24) is 9.80 Å². The Morgan fingerprint density at radius 1 is 0.833 bits per heavy atom. The first-order chi connectivity index (χ1) is 19.4. The first-order valence-corrected chi connectivity index (χ1v) is 13.5. The molecule has 1 unspecified atom stereocenters. The van der Waals surface area contributed by atoms with Gasteiger partial charge in [0.2, 0.25) is 0 Å². The van der Waals surface area contributed by atoms with Gasteiger partial charge >= 0.3 is 24.6 Å². The van der Waals surface area contributed by atoms with Crippen LogP contribution in [-0.2, 0) is 29.8 Å². The van der Waals surface area contributed by atoms with E-state index < -0.39 is 59.4 Å². The monoisotopic (exact) mass is 610 g/mol. The third-order valence-electron chi connectivity index (χ3n) is 8.31. The van der Waals surface area contributed by atoms with Gasteiger partial charge in [-0.2, -0.15) is 39.5 Å². The van der Waals surface area contributed by atoms with Crippen molar-refractivity contribution in [3.63, 3.8) is 0 Å². The molecule has 2 aromatic carbocycles. The molecule has 0 aromatic heterocycles. The normalized spacial score (nSPS) is 21.8. The number of likely N-dealkylation sites (N-methyl/N-ethyl adjacent to an activating group) is 1. The van der Waals surface area contributed by atoms with Crippen LogP contribution in [0, 0.1) is 5.92 Å². The molecule has 2 amide bonds. The molecule has 4 rings (SSSR count). The summed E-state index contributed by atoms with van der Waals surface area (Å²) >= 11 is 0. The average Bonchev–Trinajstić information content (AvgIpc) is 3.11. The van der Waals surface area contributed by atoms with Gasteiger partial charge in [-0.1, -0.05) is 25.3 Å². The molecule has 1 saturated heterocycles. The average molecular weight is 611 g/mol. The summed E-state index contributed by atoms with van der Waals surface area (Å²) in [6.45, 7) is 1.10. The van der Waals surface area contributed by atoms with Crippen LogP contribution in [0.3, 0.4) is 0 Å². The lowest BCUT2D eigenvalue weighted by atomic mass is 9.81. The van der Waals surface area contributed by atoms with E-state index >= 15 is 0 Å². The lowest BCUT2D eigenvalue weighted by Crippen LogP contribution is -2.33. The summed E-state index contributed by atoms with van der Waals surface area (Å²) in [4.78, 5) is 15.5. The highest BCUT2D eigenvalue weighted by Crippen LogP contribution is 2.44. The number of urea groups is 1. The van der Waals surface area contributed by atoms with Crippen LogP contribution in [0.1, 0.15) is 84.6 Å². The molecule has 3 atom stereocenters. The van der Waals surface area contributed by atoms with Gasteiger partial charge in [0.1, 0.15) is 0 Å². The van der Waals surface area contributed by atoms with E-state index in [-0.39, 0.29) is 29.7 Å². The highest BCUT2D eigenvalue weighted by Gasteiger charge is 2.45. The number of carbonyl (C=O) groups excluding carboxylic acids is 1. The Kier molecular flexibility index (Phi) is 8.84. The summed E-state index contributed by atoms with van der Waals surface area (Å²) in [5.41, 5.74) is -3.76. The largest absolute Gasteiger partial charge is 0.416 e. The van der Waals surface area contributed by atoms with Crippen molar-refractivity contribution in [1.29, 1.82) is 0 Å². The zero-order valence-electron chi connectivity index (χ0n) is 23.1. The zero-order chi connectivity index (χ0) is 31.2. The van der Waals surface area contributed by atoms with Crippen molar-refractivity contribution in [2.75, 3.05) is 14.2 Å². The van der Waals surface area contributed by atoms with Gasteiger partial charge in [0.25, 0.3) is 0 Å². The number of alkyl halides is 9. The standard InChI is InChI=1S/C29H31F9N2O2/c1-16-24(18-11-21(28(33,34)35)14-22(12-18)29(36,37)38)39(2)26(41)40(16)15-19-13-20(27(30,31)32)9-10-23(19)25(42-3)17-7-5-4-6-8-17/h9-14,16-17,24-25H,4-8,15H2,1-3H3/t16-,24-,25?/m0/s1. The zero-order valence-corrected chi connectivity index (χ0v) is 23.1. The highest BCUT2D eigenvalue weighted by atomic mass is 19.4. The number of nitrogens with zero attached hydrogens (tertiary/aromatic N) is 2. The van der Waals surface area contributed by atoms with E-state index in [0.29, 0.717) is 17.7 Å². The topological polar surface area (TPSA) is 32.8 Å². The molecule has 1 saturated carbocycles. The van der Waals surface area contributed by atoms with Gasteiger partial charge < -0.3 is 14.5 Å². The number of amides is 2. The van der Waals surface area contributed by atoms with Crippen LogP contribution in [0.4, 0.5) is 44.3 Å². The summed E-state index contributed by atoms with van der Waals surface area (Å²) in [6.07, 6.45) is -10.9. The number of hydrogen-bond acceptors (Lipinski definition) is 2. The fourth-order valence-corrected chi connectivity index (χ4v) is 6.24. The maximum absolute atomic E-state index is 13.7. The van der Waals surface area contributed by atoms with Crippen LogP contribution >= 0.6 is 0 Å². The van der Waals surface area contributed by atoms with E-state index in [9.17, 15) is 44.3 Å². The van der Waals surface area contributed by atoms with Crippen molar-refractivity contribution in [2.45, 2.75) is 82.3 Å². The maximum atomic E-state index is 13.7. The fourth-order valence-electron chi connectivity index (χ4n) is 6.24. The second-order valence-corrected chi connectivity index (χ2v) is 11.0. The molecule has 42 heavy (non-hydrogen) atoms. The highest BCUT2D eigenvalue weighted by molar-refractivity contribution is 5.78. The minimum absolute atomic E-state index is 0.00771. The molecular formula is C29H31F9N2O2.